The first-order chi connectivity index (χ1) is 14.4. The predicted molar refractivity (Wildman–Crippen MR) is 121 cm³/mol. The summed E-state index contributed by atoms with van der Waals surface area (Å²) in [5.74, 6) is -0.642. The van der Waals surface area contributed by atoms with Crippen LogP contribution in [0.1, 0.15) is 6.42 Å². The third kappa shape index (κ3) is 3.76. The summed E-state index contributed by atoms with van der Waals surface area (Å²) in [5, 5.41) is 29.8. The number of nitrogens with zero attached hydrogens (tertiary/aromatic N) is 2. The van der Waals surface area contributed by atoms with Crippen molar-refractivity contribution in [3.8, 4) is 0 Å². The van der Waals surface area contributed by atoms with Gasteiger partial charge in [-0.2, -0.15) is 0 Å². The van der Waals surface area contributed by atoms with Gasteiger partial charge in [-0.1, -0.05) is 36.4 Å². The van der Waals surface area contributed by atoms with E-state index in [2.05, 4.69) is 10.6 Å². The number of benzene rings is 2. The summed E-state index contributed by atoms with van der Waals surface area (Å²) in [7, 11) is 3.90. The summed E-state index contributed by atoms with van der Waals surface area (Å²) in [6.45, 7) is 1.24. The van der Waals surface area contributed by atoms with Crippen molar-refractivity contribution in [3.63, 3.8) is 0 Å². The van der Waals surface area contributed by atoms with Crippen molar-refractivity contribution in [3.05, 3.63) is 42.5 Å². The van der Waals surface area contributed by atoms with Crippen LogP contribution in [0.3, 0.4) is 0 Å². The summed E-state index contributed by atoms with van der Waals surface area (Å²) in [4.78, 5) is 17.1. The number of thiocarbonyl (C=S) groups is 1. The van der Waals surface area contributed by atoms with Crippen molar-refractivity contribution >= 4 is 39.7 Å². The number of anilines is 1. The Morgan fingerprint density at radius 1 is 1.23 bits per heavy atom. The van der Waals surface area contributed by atoms with Crippen LogP contribution in [-0.2, 0) is 4.79 Å². The molecule has 0 aromatic heterocycles. The lowest BCUT2D eigenvalue weighted by atomic mass is 9.77. The lowest BCUT2D eigenvalue weighted by Crippen LogP contribution is -2.61. The molecule has 1 saturated carbocycles. The smallest absolute Gasteiger partial charge is 0.225 e. The molecule has 1 amide bonds. The Kier molecular flexibility index (Phi) is 5.92. The van der Waals surface area contributed by atoms with Gasteiger partial charge in [-0.15, -0.1) is 0 Å². The highest BCUT2D eigenvalue weighted by atomic mass is 32.1. The second-order valence-electron chi connectivity index (χ2n) is 8.33. The Morgan fingerprint density at radius 3 is 2.73 bits per heavy atom. The second-order valence-corrected chi connectivity index (χ2v) is 8.72. The number of carbonyl (C=O) groups is 1. The number of hydrogen-bond donors (Lipinski definition) is 4. The minimum absolute atomic E-state index is 0.130. The van der Waals surface area contributed by atoms with Gasteiger partial charge in [-0.25, -0.2) is 0 Å². The lowest BCUT2D eigenvalue weighted by Gasteiger charge is -2.41. The number of hydrogen-bond acceptors (Lipinski definition) is 5. The van der Waals surface area contributed by atoms with E-state index in [1.807, 2.05) is 66.4 Å². The van der Waals surface area contributed by atoms with Crippen molar-refractivity contribution < 1.29 is 15.0 Å². The number of amides is 1. The van der Waals surface area contributed by atoms with Crippen molar-refractivity contribution in [1.82, 2.24) is 15.5 Å². The van der Waals surface area contributed by atoms with Gasteiger partial charge >= 0.3 is 0 Å². The molecule has 0 bridgehead atoms. The fourth-order valence-corrected chi connectivity index (χ4v) is 4.93. The number of likely N-dealkylation sites (N-methyl/N-ethyl adjacent to an activating group) is 1. The first-order valence-electron chi connectivity index (χ1n) is 10.2. The Hall–Kier alpha value is -2.26. The van der Waals surface area contributed by atoms with Gasteiger partial charge < -0.3 is 30.6 Å². The maximum absolute atomic E-state index is 13.1. The average molecular weight is 429 g/mol. The van der Waals surface area contributed by atoms with Crippen LogP contribution in [0.5, 0.6) is 0 Å². The molecule has 0 spiro atoms. The van der Waals surface area contributed by atoms with Gasteiger partial charge in [0.1, 0.15) is 6.10 Å². The summed E-state index contributed by atoms with van der Waals surface area (Å²) in [6.07, 6.45) is -1.81. The molecule has 2 fully saturated rings. The molecule has 0 unspecified atom stereocenters. The number of nitrogens with one attached hydrogen (secondary N) is 2. The fourth-order valence-electron chi connectivity index (χ4n) is 4.57. The van der Waals surface area contributed by atoms with Gasteiger partial charge in [-0.05, 0) is 44.2 Å². The Morgan fingerprint density at radius 2 is 1.97 bits per heavy atom. The fraction of sp³-hybridized carbons (Fsp3) is 0.455. The quantitative estimate of drug-likeness (QED) is 0.521. The van der Waals surface area contributed by atoms with Crippen molar-refractivity contribution in [1.29, 1.82) is 0 Å². The zero-order valence-corrected chi connectivity index (χ0v) is 18.0. The van der Waals surface area contributed by atoms with E-state index in [9.17, 15) is 15.0 Å². The van der Waals surface area contributed by atoms with Gasteiger partial charge in [0.25, 0.3) is 0 Å². The summed E-state index contributed by atoms with van der Waals surface area (Å²) >= 11 is 5.64. The molecule has 2 aromatic rings. The van der Waals surface area contributed by atoms with Crippen molar-refractivity contribution in [2.45, 2.75) is 30.7 Å². The molecule has 4 N–H and O–H groups in total. The van der Waals surface area contributed by atoms with Crippen LogP contribution in [0.15, 0.2) is 42.5 Å². The first kappa shape index (κ1) is 21.0. The molecule has 8 heteroatoms. The highest BCUT2D eigenvalue weighted by Gasteiger charge is 2.54. The zero-order valence-electron chi connectivity index (χ0n) is 17.2. The van der Waals surface area contributed by atoms with E-state index in [0.29, 0.717) is 11.7 Å². The Labute approximate surface area is 181 Å². The normalized spacial score (nSPS) is 28.5. The second kappa shape index (κ2) is 8.47. The van der Waals surface area contributed by atoms with Crippen molar-refractivity contribution in [2.24, 2.45) is 5.92 Å². The molecule has 0 radical (unpaired) electrons. The molecule has 1 heterocycles. The number of aliphatic hydroxyl groups is 2. The summed E-state index contributed by atoms with van der Waals surface area (Å²) in [5.41, 5.74) is 0.896. The van der Waals surface area contributed by atoms with Gasteiger partial charge in [-0.3, -0.25) is 4.79 Å². The molecule has 1 aliphatic carbocycles. The van der Waals surface area contributed by atoms with E-state index in [-0.39, 0.29) is 18.4 Å². The van der Waals surface area contributed by atoms with Crippen LogP contribution in [0.25, 0.3) is 10.8 Å². The molecule has 7 nitrogen and oxygen atoms in total. The molecule has 5 atom stereocenters. The van der Waals surface area contributed by atoms with Gasteiger partial charge in [0.05, 0.1) is 29.8 Å². The van der Waals surface area contributed by atoms with Crippen LogP contribution in [-0.4, -0.2) is 77.6 Å². The van der Waals surface area contributed by atoms with Crippen LogP contribution in [0, 0.1) is 5.92 Å². The molecule has 30 heavy (non-hydrogen) atoms. The average Bonchev–Trinajstić information content (AvgIpc) is 3.07. The Bertz CT molecular complexity index is 948. The molecule has 2 aromatic carbocycles. The number of rotatable bonds is 5. The van der Waals surface area contributed by atoms with Crippen molar-refractivity contribution in [2.75, 3.05) is 32.1 Å². The van der Waals surface area contributed by atoms with Crippen LogP contribution >= 0.6 is 12.2 Å². The lowest BCUT2D eigenvalue weighted by molar-refractivity contribution is -0.131. The molecular weight excluding hydrogens is 400 g/mol. The SMILES string of the molecule is CN(C)CCNC(=O)[C@@H]1C[C@@H](O)[C@H](O)[C@@H]2NC(=S)N(c3cccc4ccccc34)[C@@H]21. The molecule has 2 aliphatic rings. The van der Waals surface area contributed by atoms with Crippen LogP contribution in [0.4, 0.5) is 5.69 Å². The highest BCUT2D eigenvalue weighted by Crippen LogP contribution is 2.39. The van der Waals surface area contributed by atoms with E-state index in [0.717, 1.165) is 23.0 Å². The van der Waals surface area contributed by atoms with E-state index < -0.39 is 24.2 Å². The maximum atomic E-state index is 13.1. The van der Waals surface area contributed by atoms with E-state index >= 15 is 0 Å². The molecular formula is C22H28N4O3S. The third-order valence-corrected chi connectivity index (χ3v) is 6.38. The number of carbonyl (C=O) groups excluding carboxylic acids is 1. The monoisotopic (exact) mass is 428 g/mol. The summed E-state index contributed by atoms with van der Waals surface area (Å²) in [6, 6.07) is 13.1. The number of fused-ring (bicyclic) bond motifs is 2. The van der Waals surface area contributed by atoms with E-state index in [1.54, 1.807) is 0 Å². The largest absolute Gasteiger partial charge is 0.390 e. The highest BCUT2D eigenvalue weighted by molar-refractivity contribution is 7.80. The van der Waals surface area contributed by atoms with Gasteiger partial charge in [0.15, 0.2) is 5.11 Å². The van der Waals surface area contributed by atoms with Crippen LogP contribution < -0.4 is 15.5 Å². The molecule has 1 aliphatic heterocycles. The van der Waals surface area contributed by atoms with E-state index in [1.165, 1.54) is 0 Å². The van der Waals surface area contributed by atoms with Gasteiger partial charge in [0.2, 0.25) is 5.91 Å². The Balaban J connectivity index is 1.70. The number of aliphatic hydroxyl groups excluding tert-OH is 2. The summed E-state index contributed by atoms with van der Waals surface area (Å²) < 4.78 is 0. The standard InChI is InChI=1S/C22H28N4O3S/c1-25(2)11-10-23-21(29)15-12-17(27)20(28)18-19(15)26(22(30)24-18)16-9-5-7-13-6-3-4-8-14(13)16/h3-9,15,17-20,27-28H,10-12H2,1-2H3,(H,23,29)(H,24,30)/t15-,17-,18-,19-,20+/m1/s1. The first-order valence-corrected chi connectivity index (χ1v) is 10.7. The molecule has 160 valence electrons. The third-order valence-electron chi connectivity index (χ3n) is 6.07. The van der Waals surface area contributed by atoms with E-state index in [4.69, 9.17) is 12.2 Å². The minimum Gasteiger partial charge on any atom is -0.390 e. The topological polar surface area (TPSA) is 88.1 Å². The minimum atomic E-state index is -1.00. The van der Waals surface area contributed by atoms with Crippen LogP contribution in [0.2, 0.25) is 0 Å². The maximum Gasteiger partial charge on any atom is 0.225 e. The zero-order chi connectivity index (χ0) is 21.4. The van der Waals surface area contributed by atoms with Gasteiger partial charge in [0, 0.05) is 18.5 Å². The predicted octanol–water partition coefficient (Wildman–Crippen LogP) is 0.691. The molecule has 1 saturated heterocycles. The molecule has 4 rings (SSSR count).